The van der Waals surface area contributed by atoms with Gasteiger partial charge in [0.25, 0.3) is 10.0 Å². The van der Waals surface area contributed by atoms with Gasteiger partial charge in [0.2, 0.25) is 0 Å². The van der Waals surface area contributed by atoms with E-state index in [-0.39, 0.29) is 4.31 Å². The van der Waals surface area contributed by atoms with Crippen LogP contribution in [0.3, 0.4) is 0 Å². The van der Waals surface area contributed by atoms with Crippen molar-refractivity contribution in [2.45, 2.75) is 12.2 Å². The number of nitrogens with zero attached hydrogens (tertiary/aromatic N) is 1. The summed E-state index contributed by atoms with van der Waals surface area (Å²) < 4.78 is 70.4. The molecule has 6 nitrogen and oxygen atoms in total. The average Bonchev–Trinajstić information content (AvgIpc) is 2.16. The fourth-order valence-electron chi connectivity index (χ4n) is 0.944. The Bertz CT molecular complexity index is 394. The molecule has 0 aliphatic carbocycles. The predicted molar refractivity (Wildman–Crippen MR) is 51.8 cm³/mol. The van der Waals surface area contributed by atoms with Crippen LogP contribution >= 0.6 is 7.60 Å². The smallest absolute Gasteiger partial charge is 0.386 e. The molecule has 0 fully saturated rings. The Kier molecular flexibility index (Phi) is 5.61. The molecule has 0 amide bonds. The fourth-order valence-corrected chi connectivity index (χ4v) is 2.76. The molecule has 17 heavy (non-hydrogen) atoms. The lowest BCUT2D eigenvalue weighted by molar-refractivity contribution is -0.193. The van der Waals surface area contributed by atoms with Crippen LogP contribution in [0.1, 0.15) is 6.92 Å². The van der Waals surface area contributed by atoms with E-state index in [9.17, 15) is 31.0 Å². The molecule has 0 spiro atoms. The first kappa shape index (κ1) is 16.9. The minimum Gasteiger partial charge on any atom is -0.779 e. The van der Waals surface area contributed by atoms with Crippen molar-refractivity contribution in [1.82, 2.24) is 4.31 Å². The molecule has 0 saturated carbocycles. The third-order valence-electron chi connectivity index (χ3n) is 1.86. The summed E-state index contributed by atoms with van der Waals surface area (Å²) in [6.07, 6.45) is -1.01. The van der Waals surface area contributed by atoms with Gasteiger partial charge in [0.1, 0.15) is 7.60 Å². The van der Waals surface area contributed by atoms with Gasteiger partial charge in [-0.2, -0.15) is 13.1 Å². The Morgan fingerprint density at radius 2 is 1.94 bits per heavy atom. The van der Waals surface area contributed by atoms with E-state index in [1.165, 1.54) is 6.92 Å². The van der Waals surface area contributed by atoms with Crippen molar-refractivity contribution >= 4 is 17.6 Å². The van der Waals surface area contributed by atoms with Gasteiger partial charge in [-0.3, -0.25) is 0 Å². The molecule has 0 aromatic heterocycles. The molecule has 1 unspecified atom stereocenters. The highest BCUT2D eigenvalue weighted by atomic mass is 32.2. The van der Waals surface area contributed by atoms with E-state index in [1.54, 1.807) is 0 Å². The number of hydrogen-bond donors (Lipinski definition) is 1. The molecule has 0 aliphatic heterocycles. The van der Waals surface area contributed by atoms with Crippen molar-refractivity contribution in [3.8, 4) is 0 Å². The number of rotatable bonds is 7. The molecule has 1 atom stereocenters. The summed E-state index contributed by atoms with van der Waals surface area (Å²) >= 11 is 0. The van der Waals surface area contributed by atoms with Crippen LogP contribution in [0.4, 0.5) is 13.2 Å². The Morgan fingerprint density at radius 1 is 1.47 bits per heavy atom. The zero-order valence-electron chi connectivity index (χ0n) is 8.85. The van der Waals surface area contributed by atoms with Crippen LogP contribution in [-0.4, -0.2) is 48.8 Å². The lowest BCUT2D eigenvalue weighted by Gasteiger charge is -2.26. The Morgan fingerprint density at radius 3 is 2.24 bits per heavy atom. The molecular weight excluding hydrogens is 286 g/mol. The normalized spacial score (nSPS) is 17.1. The van der Waals surface area contributed by atoms with E-state index < -0.39 is 48.8 Å². The summed E-state index contributed by atoms with van der Waals surface area (Å²) in [6.45, 7) is -2.54. The second-order valence-electron chi connectivity index (χ2n) is 3.13. The number of hydrogen-bond acceptors (Lipinski definition) is 4. The number of sulfonamides is 1. The molecule has 0 bridgehead atoms. The summed E-state index contributed by atoms with van der Waals surface area (Å²) in [7, 11) is -10.0. The van der Waals surface area contributed by atoms with Crippen LogP contribution in [0.5, 0.6) is 0 Å². The van der Waals surface area contributed by atoms with E-state index >= 15 is 0 Å². The second kappa shape index (κ2) is 5.66. The zero-order valence-corrected chi connectivity index (χ0v) is 10.6. The lowest BCUT2D eigenvalue weighted by Crippen LogP contribution is -2.45. The van der Waals surface area contributed by atoms with Gasteiger partial charge in [-0.15, -0.1) is 0 Å². The molecule has 0 saturated heterocycles. The van der Waals surface area contributed by atoms with Gasteiger partial charge in [0.05, 0.1) is 0 Å². The van der Waals surface area contributed by atoms with Gasteiger partial charge >= 0.3 is 5.25 Å². The second-order valence-corrected chi connectivity index (χ2v) is 6.91. The van der Waals surface area contributed by atoms with E-state index in [4.69, 9.17) is 4.89 Å². The molecule has 11 heteroatoms. The molecular formula is C6H12F3NO5PS-. The first-order chi connectivity index (χ1) is 7.48. The minimum absolute atomic E-state index is 0.105. The maximum atomic E-state index is 12.8. The predicted octanol–water partition coefficient (Wildman–Crippen LogP) is -0.254. The van der Waals surface area contributed by atoms with Gasteiger partial charge in [0, 0.05) is 19.3 Å². The quantitative estimate of drug-likeness (QED) is 0.653. The van der Waals surface area contributed by atoms with Gasteiger partial charge in [-0.1, -0.05) is 6.92 Å². The summed E-state index contributed by atoms with van der Waals surface area (Å²) in [5.74, 6) is 0. The Balaban J connectivity index is 4.96. The summed E-state index contributed by atoms with van der Waals surface area (Å²) in [5, 5.41) is -4.61. The monoisotopic (exact) mass is 298 g/mol. The summed E-state index contributed by atoms with van der Waals surface area (Å²) in [6, 6.07) is 0. The van der Waals surface area contributed by atoms with Crippen molar-refractivity contribution < 1.29 is 35.9 Å². The van der Waals surface area contributed by atoms with E-state index in [2.05, 4.69) is 0 Å². The van der Waals surface area contributed by atoms with Crippen LogP contribution in [0.25, 0.3) is 0 Å². The zero-order chi connectivity index (χ0) is 13.9. The fraction of sp³-hybridized carbons (Fsp3) is 1.00. The van der Waals surface area contributed by atoms with Gasteiger partial charge < -0.3 is 14.4 Å². The van der Waals surface area contributed by atoms with Gasteiger partial charge in [-0.25, -0.2) is 12.8 Å². The highest BCUT2D eigenvalue weighted by Gasteiger charge is 2.48. The third-order valence-corrected chi connectivity index (χ3v) is 4.61. The standard InChI is InChI=1S/C6H13F3NO5PS/c1-2-10(3-4-16(11,12)13)17(14,15)6(8,9)5-7/h2-5H2,1H3,(H2,11,12,13)/p-1. The van der Waals surface area contributed by atoms with Crippen LogP contribution in [0, 0.1) is 0 Å². The molecule has 104 valence electrons. The summed E-state index contributed by atoms with van der Waals surface area (Å²) in [5.41, 5.74) is 0. The molecule has 0 aliphatic rings. The molecule has 0 aromatic rings. The maximum Gasteiger partial charge on any atom is 0.386 e. The molecule has 0 heterocycles. The lowest BCUT2D eigenvalue weighted by atomic mass is 10.7. The van der Waals surface area contributed by atoms with Gasteiger partial charge in [0.15, 0.2) is 6.67 Å². The van der Waals surface area contributed by atoms with Crippen molar-refractivity contribution in [3.05, 3.63) is 0 Å². The van der Waals surface area contributed by atoms with Crippen molar-refractivity contribution in [2.24, 2.45) is 0 Å². The molecule has 0 aromatic carbocycles. The minimum atomic E-state index is -5.27. The topological polar surface area (TPSA) is 97.7 Å². The highest BCUT2D eigenvalue weighted by Crippen LogP contribution is 2.31. The average molecular weight is 298 g/mol. The van der Waals surface area contributed by atoms with Gasteiger partial charge in [-0.05, 0) is 0 Å². The first-order valence-corrected chi connectivity index (χ1v) is 7.64. The Labute approximate surface area is 96.6 Å². The first-order valence-electron chi connectivity index (χ1n) is 4.44. The maximum absolute atomic E-state index is 12.8. The van der Waals surface area contributed by atoms with Crippen LogP contribution in [0.2, 0.25) is 0 Å². The number of halogens is 3. The number of alkyl halides is 3. The van der Waals surface area contributed by atoms with Crippen molar-refractivity contribution in [2.75, 3.05) is 25.9 Å². The summed E-state index contributed by atoms with van der Waals surface area (Å²) in [4.78, 5) is 18.8. The van der Waals surface area contributed by atoms with Crippen LogP contribution < -0.4 is 4.89 Å². The largest absolute Gasteiger partial charge is 0.779 e. The molecule has 1 N–H and O–H groups in total. The SMILES string of the molecule is CCN(CCP(=O)([O-])O)S(=O)(=O)C(F)(F)CF. The molecule has 0 rings (SSSR count). The molecule has 0 radical (unpaired) electrons. The highest BCUT2D eigenvalue weighted by molar-refractivity contribution is 7.90. The van der Waals surface area contributed by atoms with Crippen molar-refractivity contribution in [3.63, 3.8) is 0 Å². The van der Waals surface area contributed by atoms with Crippen LogP contribution in [-0.2, 0) is 14.6 Å². The van der Waals surface area contributed by atoms with Crippen molar-refractivity contribution in [1.29, 1.82) is 0 Å². The van der Waals surface area contributed by atoms with E-state index in [0.29, 0.717) is 0 Å². The van der Waals surface area contributed by atoms with Crippen LogP contribution in [0.15, 0.2) is 0 Å². The Hall–Kier alpha value is -0.150. The third kappa shape index (κ3) is 4.55. The van der Waals surface area contributed by atoms with E-state index in [1.807, 2.05) is 0 Å². The van der Waals surface area contributed by atoms with E-state index in [0.717, 1.165) is 0 Å².